The largest absolute Gasteiger partial charge is 0.348 e. The third-order valence-corrected chi connectivity index (χ3v) is 6.14. The van der Waals surface area contributed by atoms with E-state index in [1.807, 2.05) is 18.2 Å². The second kappa shape index (κ2) is 9.14. The summed E-state index contributed by atoms with van der Waals surface area (Å²) in [6.45, 7) is 6.26. The van der Waals surface area contributed by atoms with E-state index < -0.39 is 10.0 Å². The number of rotatable bonds is 8. The van der Waals surface area contributed by atoms with Gasteiger partial charge in [-0.15, -0.1) is 6.58 Å². The maximum absolute atomic E-state index is 12.5. The smallest absolute Gasteiger partial charge is 0.251 e. The molecule has 2 N–H and O–H groups in total. The number of hydrogen-bond donors (Lipinski definition) is 2. The van der Waals surface area contributed by atoms with Gasteiger partial charge in [0.05, 0.1) is 4.90 Å². The Morgan fingerprint density at radius 3 is 2.54 bits per heavy atom. The highest BCUT2D eigenvalue weighted by Crippen LogP contribution is 2.15. The Hall–Kier alpha value is -2.48. The summed E-state index contributed by atoms with van der Waals surface area (Å²) < 4.78 is 26.5. The minimum Gasteiger partial charge on any atom is -0.348 e. The van der Waals surface area contributed by atoms with E-state index in [-0.39, 0.29) is 23.4 Å². The molecule has 0 spiro atoms. The molecule has 1 aliphatic rings. The molecule has 0 saturated carbocycles. The van der Waals surface area contributed by atoms with E-state index in [2.05, 4.69) is 33.7 Å². The first kappa shape index (κ1) is 20.3. The van der Waals surface area contributed by atoms with Crippen molar-refractivity contribution in [1.82, 2.24) is 14.9 Å². The van der Waals surface area contributed by atoms with E-state index in [4.69, 9.17) is 0 Å². The Balaban J connectivity index is 1.54. The van der Waals surface area contributed by atoms with Gasteiger partial charge in [-0.2, -0.15) is 0 Å². The maximum atomic E-state index is 12.5. The summed E-state index contributed by atoms with van der Waals surface area (Å²) in [5.41, 5.74) is 1.71. The zero-order chi connectivity index (χ0) is 20.0. The molecule has 1 atom stereocenters. The lowest BCUT2D eigenvalue weighted by Crippen LogP contribution is -2.37. The van der Waals surface area contributed by atoms with Crippen LogP contribution in [-0.4, -0.2) is 44.9 Å². The predicted octanol–water partition coefficient (Wildman–Crippen LogP) is 2.16. The Morgan fingerprint density at radius 2 is 1.86 bits per heavy atom. The average Bonchev–Trinajstić information content (AvgIpc) is 3.14. The minimum absolute atomic E-state index is 0.0916. The summed E-state index contributed by atoms with van der Waals surface area (Å²) >= 11 is 0. The molecular formula is C21H25N3O3S. The standard InChI is InChI=1S/C21H25N3O3S/c1-2-13-22-28(26,27)20-10-8-18(9-11-20)21(25)23-19-12-14-24(16-19)15-17-6-4-3-5-7-17/h2-11,19,22H,1,12-16H2,(H,23,25). The van der Waals surface area contributed by atoms with Gasteiger partial charge in [0.25, 0.3) is 5.91 Å². The van der Waals surface area contributed by atoms with Crippen molar-refractivity contribution in [3.8, 4) is 0 Å². The van der Waals surface area contributed by atoms with E-state index in [9.17, 15) is 13.2 Å². The van der Waals surface area contributed by atoms with Crippen molar-refractivity contribution in [2.75, 3.05) is 19.6 Å². The number of hydrogen-bond acceptors (Lipinski definition) is 4. The summed E-state index contributed by atoms with van der Waals surface area (Å²) in [7, 11) is -3.58. The minimum atomic E-state index is -3.58. The molecule has 2 aromatic rings. The molecule has 148 valence electrons. The van der Waals surface area contributed by atoms with Crippen LogP contribution in [0.1, 0.15) is 22.3 Å². The number of amides is 1. The van der Waals surface area contributed by atoms with Gasteiger partial charge in [0.15, 0.2) is 0 Å². The molecule has 1 saturated heterocycles. The van der Waals surface area contributed by atoms with Gasteiger partial charge in [0.1, 0.15) is 0 Å². The number of nitrogens with one attached hydrogen (secondary N) is 2. The SMILES string of the molecule is C=CCNS(=O)(=O)c1ccc(C(=O)NC2CCN(Cc3ccccc3)C2)cc1. The van der Waals surface area contributed by atoms with E-state index in [1.54, 1.807) is 0 Å². The molecule has 28 heavy (non-hydrogen) atoms. The highest BCUT2D eigenvalue weighted by atomic mass is 32.2. The zero-order valence-corrected chi connectivity index (χ0v) is 16.5. The Kier molecular flexibility index (Phi) is 6.61. The van der Waals surface area contributed by atoms with Crippen molar-refractivity contribution in [3.05, 3.63) is 78.4 Å². The van der Waals surface area contributed by atoms with Crippen LogP contribution in [0.25, 0.3) is 0 Å². The van der Waals surface area contributed by atoms with Gasteiger partial charge in [0, 0.05) is 37.8 Å². The molecular weight excluding hydrogens is 374 g/mol. The van der Waals surface area contributed by atoms with Crippen molar-refractivity contribution >= 4 is 15.9 Å². The van der Waals surface area contributed by atoms with Crippen LogP contribution < -0.4 is 10.0 Å². The van der Waals surface area contributed by atoms with Gasteiger partial charge in [-0.3, -0.25) is 9.69 Å². The third-order valence-electron chi connectivity index (χ3n) is 4.70. The summed E-state index contributed by atoms with van der Waals surface area (Å²) in [6.07, 6.45) is 2.37. The van der Waals surface area contributed by atoms with E-state index in [0.29, 0.717) is 5.56 Å². The molecule has 0 radical (unpaired) electrons. The number of carbonyl (C=O) groups is 1. The molecule has 2 aromatic carbocycles. The van der Waals surface area contributed by atoms with Gasteiger partial charge in [0.2, 0.25) is 10.0 Å². The fourth-order valence-corrected chi connectivity index (χ4v) is 4.24. The quantitative estimate of drug-likeness (QED) is 0.667. The number of sulfonamides is 1. The Labute approximate surface area is 166 Å². The summed E-state index contributed by atoms with van der Waals surface area (Å²) in [6, 6.07) is 16.3. The molecule has 1 unspecified atom stereocenters. The van der Waals surface area contributed by atoms with Crippen molar-refractivity contribution in [2.45, 2.75) is 23.9 Å². The summed E-state index contributed by atoms with van der Waals surface area (Å²) in [5, 5.41) is 3.04. The van der Waals surface area contributed by atoms with Crippen molar-refractivity contribution < 1.29 is 13.2 Å². The van der Waals surface area contributed by atoms with Crippen LogP contribution in [-0.2, 0) is 16.6 Å². The van der Waals surface area contributed by atoms with Crippen LogP contribution in [0.5, 0.6) is 0 Å². The van der Waals surface area contributed by atoms with Gasteiger partial charge < -0.3 is 5.32 Å². The number of benzene rings is 2. The number of likely N-dealkylation sites (tertiary alicyclic amines) is 1. The fourth-order valence-electron chi connectivity index (χ4n) is 3.24. The monoisotopic (exact) mass is 399 g/mol. The van der Waals surface area contributed by atoms with Crippen LogP contribution >= 0.6 is 0 Å². The van der Waals surface area contributed by atoms with E-state index >= 15 is 0 Å². The first-order valence-electron chi connectivity index (χ1n) is 9.26. The van der Waals surface area contributed by atoms with Crippen LogP contribution in [0.4, 0.5) is 0 Å². The maximum Gasteiger partial charge on any atom is 0.251 e. The lowest BCUT2D eigenvalue weighted by molar-refractivity contribution is 0.0937. The van der Waals surface area contributed by atoms with Crippen LogP contribution in [0, 0.1) is 0 Å². The van der Waals surface area contributed by atoms with Crippen molar-refractivity contribution in [3.63, 3.8) is 0 Å². The molecule has 1 heterocycles. The predicted molar refractivity (Wildman–Crippen MR) is 109 cm³/mol. The van der Waals surface area contributed by atoms with Crippen LogP contribution in [0.3, 0.4) is 0 Å². The van der Waals surface area contributed by atoms with Gasteiger partial charge in [-0.25, -0.2) is 13.1 Å². The van der Waals surface area contributed by atoms with Crippen molar-refractivity contribution in [2.24, 2.45) is 0 Å². The number of nitrogens with zero attached hydrogens (tertiary/aromatic N) is 1. The highest BCUT2D eigenvalue weighted by Gasteiger charge is 2.24. The van der Waals surface area contributed by atoms with Crippen LogP contribution in [0.15, 0.2) is 72.1 Å². The molecule has 7 heteroatoms. The summed E-state index contributed by atoms with van der Waals surface area (Å²) in [4.78, 5) is 14.9. The molecule has 1 amide bonds. The molecule has 1 aliphatic heterocycles. The van der Waals surface area contributed by atoms with E-state index in [1.165, 1.54) is 35.9 Å². The Bertz CT molecular complexity index is 912. The highest BCUT2D eigenvalue weighted by molar-refractivity contribution is 7.89. The summed E-state index contributed by atoms with van der Waals surface area (Å²) in [5.74, 6) is -0.186. The lowest BCUT2D eigenvalue weighted by atomic mass is 10.2. The first-order chi connectivity index (χ1) is 13.5. The topological polar surface area (TPSA) is 78.5 Å². The third kappa shape index (κ3) is 5.28. The number of carbonyl (C=O) groups excluding carboxylic acids is 1. The molecule has 0 bridgehead atoms. The first-order valence-corrected chi connectivity index (χ1v) is 10.7. The van der Waals surface area contributed by atoms with E-state index in [0.717, 1.165) is 26.1 Å². The molecule has 0 aromatic heterocycles. The molecule has 0 aliphatic carbocycles. The second-order valence-corrected chi connectivity index (χ2v) is 8.61. The zero-order valence-electron chi connectivity index (χ0n) is 15.7. The molecule has 1 fully saturated rings. The second-order valence-electron chi connectivity index (χ2n) is 6.84. The van der Waals surface area contributed by atoms with Crippen molar-refractivity contribution in [1.29, 1.82) is 0 Å². The normalized spacial score (nSPS) is 17.4. The van der Waals surface area contributed by atoms with Gasteiger partial charge in [-0.1, -0.05) is 36.4 Å². The van der Waals surface area contributed by atoms with Gasteiger partial charge >= 0.3 is 0 Å². The van der Waals surface area contributed by atoms with Gasteiger partial charge in [-0.05, 0) is 36.2 Å². The average molecular weight is 400 g/mol. The Morgan fingerprint density at radius 1 is 1.14 bits per heavy atom. The lowest BCUT2D eigenvalue weighted by Gasteiger charge is -2.17. The fraction of sp³-hybridized carbons (Fsp3) is 0.286. The van der Waals surface area contributed by atoms with Crippen LogP contribution in [0.2, 0.25) is 0 Å². The molecule has 6 nitrogen and oxygen atoms in total. The molecule has 3 rings (SSSR count).